The lowest BCUT2D eigenvalue weighted by Crippen LogP contribution is -2.21. The summed E-state index contributed by atoms with van der Waals surface area (Å²) in [6, 6.07) is 6.34. The number of methoxy groups -OCH3 is 1. The minimum absolute atomic E-state index is 0.250. The number of anilines is 1. The van der Waals surface area contributed by atoms with Crippen molar-refractivity contribution in [2.24, 2.45) is 0 Å². The van der Waals surface area contributed by atoms with Crippen molar-refractivity contribution in [3.63, 3.8) is 0 Å². The first-order valence-electron chi connectivity index (χ1n) is 6.40. The number of carbonyl (C=O) groups excluding carboxylic acids is 2. The molecule has 1 aromatic heterocycles. The molecule has 0 radical (unpaired) electrons. The lowest BCUT2D eigenvalue weighted by molar-refractivity contribution is -0.119. The molecule has 120 valence electrons. The van der Waals surface area contributed by atoms with Gasteiger partial charge in [-0.25, -0.2) is 4.79 Å². The fourth-order valence-electron chi connectivity index (χ4n) is 1.68. The Morgan fingerprint density at radius 1 is 1.30 bits per heavy atom. The van der Waals surface area contributed by atoms with Crippen LogP contribution in [-0.4, -0.2) is 30.6 Å². The molecule has 0 saturated heterocycles. The van der Waals surface area contributed by atoms with E-state index in [1.165, 1.54) is 19.5 Å². The van der Waals surface area contributed by atoms with E-state index >= 15 is 0 Å². The zero-order valence-electron chi connectivity index (χ0n) is 12.0. The highest BCUT2D eigenvalue weighted by molar-refractivity contribution is 9.10. The van der Waals surface area contributed by atoms with Crippen LogP contribution in [0.15, 0.2) is 41.1 Å². The molecule has 0 saturated carbocycles. The second-order valence-corrected chi connectivity index (χ2v) is 5.69. The fourth-order valence-corrected chi connectivity index (χ4v) is 2.30. The number of aromatic nitrogens is 1. The van der Waals surface area contributed by atoms with E-state index in [0.29, 0.717) is 20.9 Å². The van der Waals surface area contributed by atoms with Gasteiger partial charge in [0.1, 0.15) is 5.75 Å². The average molecular weight is 400 g/mol. The van der Waals surface area contributed by atoms with Gasteiger partial charge in [-0.2, -0.15) is 0 Å². The van der Waals surface area contributed by atoms with Crippen molar-refractivity contribution >= 4 is 45.1 Å². The van der Waals surface area contributed by atoms with E-state index in [1.54, 1.807) is 24.3 Å². The number of esters is 1. The van der Waals surface area contributed by atoms with E-state index in [0.717, 1.165) is 0 Å². The maximum Gasteiger partial charge on any atom is 0.340 e. The summed E-state index contributed by atoms with van der Waals surface area (Å²) in [6.07, 6.45) is 2.89. The largest absolute Gasteiger partial charge is 0.495 e. The highest BCUT2D eigenvalue weighted by atomic mass is 79.9. The summed E-state index contributed by atoms with van der Waals surface area (Å²) in [5, 5.41) is 2.93. The molecule has 0 aliphatic carbocycles. The van der Waals surface area contributed by atoms with Gasteiger partial charge >= 0.3 is 5.97 Å². The van der Waals surface area contributed by atoms with Gasteiger partial charge < -0.3 is 14.8 Å². The number of benzene rings is 1. The van der Waals surface area contributed by atoms with Gasteiger partial charge in [0, 0.05) is 22.6 Å². The van der Waals surface area contributed by atoms with Gasteiger partial charge in [0.05, 0.1) is 17.7 Å². The number of rotatable bonds is 5. The topological polar surface area (TPSA) is 77.5 Å². The summed E-state index contributed by atoms with van der Waals surface area (Å²) in [5.74, 6) is -0.623. The Hall–Kier alpha value is -2.12. The highest BCUT2D eigenvalue weighted by Crippen LogP contribution is 2.27. The minimum Gasteiger partial charge on any atom is -0.495 e. The van der Waals surface area contributed by atoms with Crippen molar-refractivity contribution < 1.29 is 19.1 Å². The number of carbonyl (C=O) groups is 2. The van der Waals surface area contributed by atoms with Crippen LogP contribution in [0, 0.1) is 0 Å². The molecule has 0 atom stereocenters. The third kappa shape index (κ3) is 4.94. The van der Waals surface area contributed by atoms with Crippen LogP contribution in [0.4, 0.5) is 5.69 Å². The Bertz CT molecular complexity index is 739. The standard InChI is InChI=1S/C15H12BrClN2O4/c1-22-13-3-2-11(5-12(13)17)19-14(20)8-23-15(21)9-4-10(16)7-18-6-9/h2-7H,8H2,1H3,(H,19,20). The van der Waals surface area contributed by atoms with Crippen LogP contribution in [0.25, 0.3) is 0 Å². The van der Waals surface area contributed by atoms with Crippen LogP contribution in [0.3, 0.4) is 0 Å². The number of nitrogens with zero attached hydrogens (tertiary/aromatic N) is 1. The minimum atomic E-state index is -0.637. The van der Waals surface area contributed by atoms with Crippen molar-refractivity contribution in [1.82, 2.24) is 4.98 Å². The zero-order valence-corrected chi connectivity index (χ0v) is 14.3. The van der Waals surface area contributed by atoms with E-state index in [1.807, 2.05) is 0 Å². The molecular weight excluding hydrogens is 388 g/mol. The molecule has 0 aliphatic rings. The van der Waals surface area contributed by atoms with Crippen molar-refractivity contribution in [2.45, 2.75) is 0 Å². The Morgan fingerprint density at radius 3 is 2.74 bits per heavy atom. The molecule has 0 bridgehead atoms. The summed E-state index contributed by atoms with van der Waals surface area (Å²) in [7, 11) is 1.50. The van der Waals surface area contributed by atoms with Crippen LogP contribution in [0.5, 0.6) is 5.75 Å². The van der Waals surface area contributed by atoms with Crippen molar-refractivity contribution in [1.29, 1.82) is 0 Å². The molecule has 2 aromatic rings. The Labute approximate surface area is 145 Å². The number of pyridine rings is 1. The van der Waals surface area contributed by atoms with E-state index in [-0.39, 0.29) is 5.56 Å². The lowest BCUT2D eigenvalue weighted by Gasteiger charge is -2.08. The molecule has 1 amide bonds. The number of halogens is 2. The molecule has 8 heteroatoms. The third-order valence-corrected chi connectivity index (χ3v) is 3.44. The molecule has 0 aliphatic heterocycles. The quantitative estimate of drug-likeness (QED) is 0.781. The normalized spacial score (nSPS) is 10.0. The van der Waals surface area contributed by atoms with Crippen molar-refractivity contribution in [2.75, 3.05) is 19.0 Å². The number of nitrogens with one attached hydrogen (secondary N) is 1. The van der Waals surface area contributed by atoms with Gasteiger partial charge in [-0.05, 0) is 40.2 Å². The SMILES string of the molecule is COc1ccc(NC(=O)COC(=O)c2cncc(Br)c2)cc1Cl. The van der Waals surface area contributed by atoms with E-state index < -0.39 is 18.5 Å². The third-order valence-electron chi connectivity index (χ3n) is 2.71. The van der Waals surface area contributed by atoms with E-state index in [4.69, 9.17) is 21.1 Å². The molecule has 23 heavy (non-hydrogen) atoms. The Kier molecular flexibility index (Phi) is 5.95. The molecule has 0 unspecified atom stereocenters. The molecular formula is C15H12BrClN2O4. The highest BCUT2D eigenvalue weighted by Gasteiger charge is 2.12. The van der Waals surface area contributed by atoms with Crippen LogP contribution in [0.2, 0.25) is 5.02 Å². The van der Waals surface area contributed by atoms with Crippen molar-refractivity contribution in [3.05, 3.63) is 51.7 Å². The van der Waals surface area contributed by atoms with Crippen LogP contribution >= 0.6 is 27.5 Å². The molecule has 0 spiro atoms. The van der Waals surface area contributed by atoms with Gasteiger partial charge in [-0.15, -0.1) is 0 Å². The summed E-state index contributed by atoms with van der Waals surface area (Å²) in [6.45, 7) is -0.422. The van der Waals surface area contributed by atoms with Gasteiger partial charge in [-0.1, -0.05) is 11.6 Å². The predicted octanol–water partition coefficient (Wildman–Crippen LogP) is 3.30. The lowest BCUT2D eigenvalue weighted by atomic mass is 10.3. The molecule has 2 rings (SSSR count). The summed E-state index contributed by atoms with van der Waals surface area (Å²) < 4.78 is 10.6. The maximum absolute atomic E-state index is 11.8. The second-order valence-electron chi connectivity index (χ2n) is 4.37. The smallest absolute Gasteiger partial charge is 0.340 e. The first-order valence-corrected chi connectivity index (χ1v) is 7.58. The first-order chi connectivity index (χ1) is 11.0. The van der Waals surface area contributed by atoms with Crippen LogP contribution in [0.1, 0.15) is 10.4 Å². The van der Waals surface area contributed by atoms with Crippen molar-refractivity contribution in [3.8, 4) is 5.75 Å². The molecule has 0 fully saturated rings. The molecule has 1 heterocycles. The van der Waals surface area contributed by atoms with Crippen LogP contribution in [-0.2, 0) is 9.53 Å². The second kappa shape index (κ2) is 7.94. The first kappa shape index (κ1) is 17.2. The van der Waals surface area contributed by atoms with Gasteiger partial charge in [0.2, 0.25) is 0 Å². The van der Waals surface area contributed by atoms with E-state index in [2.05, 4.69) is 26.2 Å². The number of hydrogen-bond donors (Lipinski definition) is 1. The van der Waals surface area contributed by atoms with Gasteiger partial charge in [0.15, 0.2) is 6.61 Å². The summed E-state index contributed by atoms with van der Waals surface area (Å²) >= 11 is 9.16. The fraction of sp³-hybridized carbons (Fsp3) is 0.133. The molecule has 1 aromatic carbocycles. The number of hydrogen-bond acceptors (Lipinski definition) is 5. The maximum atomic E-state index is 11.8. The summed E-state index contributed by atoms with van der Waals surface area (Å²) in [4.78, 5) is 27.4. The Balaban J connectivity index is 1.90. The monoisotopic (exact) mass is 398 g/mol. The number of ether oxygens (including phenoxy) is 2. The Morgan fingerprint density at radius 2 is 2.09 bits per heavy atom. The average Bonchev–Trinajstić information content (AvgIpc) is 2.53. The van der Waals surface area contributed by atoms with E-state index in [9.17, 15) is 9.59 Å². The predicted molar refractivity (Wildman–Crippen MR) is 88.9 cm³/mol. The number of amides is 1. The molecule has 1 N–H and O–H groups in total. The summed E-state index contributed by atoms with van der Waals surface area (Å²) in [5.41, 5.74) is 0.723. The van der Waals surface area contributed by atoms with Gasteiger partial charge in [0.25, 0.3) is 5.91 Å². The zero-order chi connectivity index (χ0) is 16.8. The molecule has 6 nitrogen and oxygen atoms in total. The van der Waals surface area contributed by atoms with Crippen LogP contribution < -0.4 is 10.1 Å². The van der Waals surface area contributed by atoms with Gasteiger partial charge in [-0.3, -0.25) is 9.78 Å².